The maximum absolute atomic E-state index is 15.2. The minimum Gasteiger partial charge on any atom is -0.417 e. The molecule has 0 saturated carbocycles. The molecule has 0 N–H and O–H groups in total. The van der Waals surface area contributed by atoms with Crippen molar-refractivity contribution in [3.8, 4) is 0 Å². The Morgan fingerprint density at radius 3 is 1.68 bits per heavy atom. The summed E-state index contributed by atoms with van der Waals surface area (Å²) < 4.78 is 34.5. The monoisotopic (exact) mass is 974 g/mol. The number of carbonyl (C=O) groups excluding carboxylic acids is 1. The number of thiazole rings is 1. The minimum absolute atomic E-state index is 0.0131. The normalized spacial score (nSPS) is 17.5. The number of Topliss-reactive ketones (excluding diaryl/α,β-unsaturated/α-hetero) is 1. The average molecular weight is 975 g/mol. The summed E-state index contributed by atoms with van der Waals surface area (Å²) in [7, 11) is -8.67. The van der Waals surface area contributed by atoms with Gasteiger partial charge < -0.3 is 22.4 Å². The summed E-state index contributed by atoms with van der Waals surface area (Å²) in [5.74, 6) is -0.322. The molecule has 0 amide bonds. The summed E-state index contributed by atoms with van der Waals surface area (Å²) in [5, 5.41) is 3.86. The lowest BCUT2D eigenvalue weighted by molar-refractivity contribution is -0.141. The lowest BCUT2D eigenvalue weighted by Gasteiger charge is -2.47. The van der Waals surface area contributed by atoms with Crippen LogP contribution in [0.5, 0.6) is 0 Å². The molecule has 0 spiro atoms. The number of rotatable bonds is 23. The van der Waals surface area contributed by atoms with Crippen LogP contribution in [0.15, 0.2) is 22.1 Å². The van der Waals surface area contributed by atoms with Crippen molar-refractivity contribution in [2.75, 3.05) is 19.8 Å². The highest BCUT2D eigenvalue weighted by atomic mass is 35.5. The van der Waals surface area contributed by atoms with Crippen molar-refractivity contribution < 1.29 is 27.2 Å². The number of aromatic nitrogens is 1. The second-order valence-corrected chi connectivity index (χ2v) is 45.5. The lowest BCUT2D eigenvalue weighted by Crippen LogP contribution is -2.54. The van der Waals surface area contributed by atoms with Crippen molar-refractivity contribution in [2.45, 2.75) is 228 Å². The van der Waals surface area contributed by atoms with E-state index in [1.54, 1.807) is 11.3 Å². The zero-order valence-corrected chi connectivity index (χ0v) is 50.4. The van der Waals surface area contributed by atoms with Gasteiger partial charge in [0.15, 0.2) is 33.3 Å². The van der Waals surface area contributed by atoms with Gasteiger partial charge in [-0.1, -0.05) is 128 Å². The predicted octanol–water partition coefficient (Wildman–Crippen LogP) is 15.8. The second-order valence-electron chi connectivity index (χ2n) is 24.9. The van der Waals surface area contributed by atoms with Gasteiger partial charge in [-0.25, -0.2) is 4.98 Å². The average Bonchev–Trinajstić information content (AvgIpc) is 3.49. The highest BCUT2D eigenvalue weighted by Gasteiger charge is 2.50. The van der Waals surface area contributed by atoms with Crippen LogP contribution in [0.2, 0.25) is 72.5 Å². The van der Waals surface area contributed by atoms with E-state index < -0.39 is 44.6 Å². The van der Waals surface area contributed by atoms with Crippen LogP contribution in [0.4, 0.5) is 0 Å². The van der Waals surface area contributed by atoms with Crippen LogP contribution < -0.4 is 0 Å². The Balaban J connectivity index is 3.47. The van der Waals surface area contributed by atoms with Gasteiger partial charge in [-0.15, -0.1) is 11.3 Å². The largest absolute Gasteiger partial charge is 0.417 e. The van der Waals surface area contributed by atoms with Crippen molar-refractivity contribution in [3.63, 3.8) is 0 Å². The van der Waals surface area contributed by atoms with Gasteiger partial charge in [0.1, 0.15) is 5.78 Å². The molecule has 13 heteroatoms. The molecular formula is C49H96ClNO6SSi4. The molecule has 0 aliphatic carbocycles. The molecule has 1 aromatic heterocycles. The van der Waals surface area contributed by atoms with E-state index in [1.165, 1.54) is 0 Å². The Kier molecular flexibility index (Phi) is 21.4. The number of carbonyl (C=O) groups is 1. The number of hydrogen-bond donors (Lipinski definition) is 0. The van der Waals surface area contributed by atoms with Crippen molar-refractivity contribution in [1.82, 2.24) is 4.98 Å². The Bertz CT molecular complexity index is 1640. The quantitative estimate of drug-likeness (QED) is 0.101. The Hall–Kier alpha value is -0.262. The van der Waals surface area contributed by atoms with Gasteiger partial charge in [0, 0.05) is 34.3 Å². The molecule has 1 unspecified atom stereocenters. The molecule has 5 atom stereocenters. The SMILES string of the molecule is C/C(=C\c1csc(C)n1)C(C/C=C(\Cl)COC[C@H](C)[C@H](O[Si](C)(C)C(C)(C)C)[C@@H](C)C(=O)C(C)(C)[C@H](CCO[Si](C)(C)C(C)(C)C)O[Si](C)(C)C(C)(C)C)O[Si](C)(C)C(C)(C)C. The molecule has 62 heavy (non-hydrogen) atoms. The van der Waals surface area contributed by atoms with E-state index in [1.807, 2.05) is 13.0 Å². The van der Waals surface area contributed by atoms with Crippen molar-refractivity contribution >= 4 is 68.1 Å². The summed E-state index contributed by atoms with van der Waals surface area (Å²) >= 11 is 8.59. The second kappa shape index (κ2) is 22.2. The number of halogens is 1. The Morgan fingerprint density at radius 1 is 0.758 bits per heavy atom. The summed E-state index contributed by atoms with van der Waals surface area (Å²) in [6.07, 6.45) is 4.68. The zero-order valence-electron chi connectivity index (χ0n) is 44.8. The standard InChI is InChI=1S/C49H96ClNO6SSi4/c1-35(31-40-34-58-38(4)51-40)41(55-60(21,22)46(8,9)10)28-27-39(50)33-53-32-36(2)43(57-62(25,26)48(14,15)16)37(3)44(52)49(17,18)42(56-61(23,24)47(11,12)13)29-30-54-59(19,20)45(5,6)7/h27,31,34,36-37,41-43H,28-30,32-33H2,1-26H3/b35-31+,39-27-/t36-,37+,41?,42-,43-/m0/s1. The van der Waals surface area contributed by atoms with E-state index >= 15 is 4.79 Å². The van der Waals surface area contributed by atoms with Crippen LogP contribution in [0.25, 0.3) is 6.08 Å². The highest BCUT2D eigenvalue weighted by molar-refractivity contribution is 7.09. The van der Waals surface area contributed by atoms with Gasteiger partial charge in [-0.05, 0) is 111 Å². The van der Waals surface area contributed by atoms with Gasteiger partial charge in [-0.3, -0.25) is 4.79 Å². The van der Waals surface area contributed by atoms with Crippen molar-refractivity contribution in [1.29, 1.82) is 0 Å². The van der Waals surface area contributed by atoms with Crippen LogP contribution in [-0.4, -0.2) is 82.2 Å². The van der Waals surface area contributed by atoms with E-state index in [4.69, 9.17) is 34.0 Å². The number of hydrogen-bond acceptors (Lipinski definition) is 8. The fourth-order valence-corrected chi connectivity index (χ4v) is 12.3. The van der Waals surface area contributed by atoms with Crippen molar-refractivity contribution in [2.24, 2.45) is 17.3 Å². The third kappa shape index (κ3) is 17.1. The number of aryl methyl sites for hydroxylation is 1. The molecule has 1 rings (SSSR count). The van der Waals surface area contributed by atoms with Crippen molar-refractivity contribution in [3.05, 3.63) is 32.8 Å². The fourth-order valence-electron chi connectivity index (χ4n) is 6.22. The number of nitrogens with zero attached hydrogens (tertiary/aromatic N) is 1. The molecule has 0 radical (unpaired) electrons. The van der Waals surface area contributed by atoms with Crippen LogP contribution >= 0.6 is 22.9 Å². The first-order valence-electron chi connectivity index (χ1n) is 23.2. The van der Waals surface area contributed by atoms with Gasteiger partial charge in [0.2, 0.25) is 0 Å². The van der Waals surface area contributed by atoms with E-state index in [9.17, 15) is 0 Å². The molecule has 1 aromatic rings. The lowest BCUT2D eigenvalue weighted by atomic mass is 9.73. The molecule has 0 aromatic carbocycles. The Labute approximate surface area is 396 Å². The maximum atomic E-state index is 15.2. The smallest absolute Gasteiger partial charge is 0.192 e. The summed E-state index contributed by atoms with van der Waals surface area (Å²) in [6, 6.07) is 0. The van der Waals surface area contributed by atoms with Crippen LogP contribution in [-0.2, 0) is 27.2 Å². The molecule has 362 valence electrons. The molecule has 7 nitrogen and oxygen atoms in total. The van der Waals surface area contributed by atoms with Gasteiger partial charge >= 0.3 is 0 Å². The van der Waals surface area contributed by atoms with Crippen LogP contribution in [0.3, 0.4) is 0 Å². The Morgan fingerprint density at radius 2 is 1.23 bits per heavy atom. The van der Waals surface area contributed by atoms with E-state index in [2.05, 4.69) is 187 Å². The fraction of sp³-hybridized carbons (Fsp3) is 0.837. The van der Waals surface area contributed by atoms with Gasteiger partial charge in [-0.2, -0.15) is 0 Å². The molecule has 0 aliphatic rings. The topological polar surface area (TPSA) is 76.1 Å². The van der Waals surface area contributed by atoms with Crippen LogP contribution in [0.1, 0.15) is 141 Å². The molecule has 0 saturated heterocycles. The van der Waals surface area contributed by atoms with E-state index in [0.717, 1.165) is 16.3 Å². The molecule has 0 fully saturated rings. The van der Waals surface area contributed by atoms with Crippen LogP contribution in [0, 0.1) is 24.2 Å². The number of ether oxygens (including phenoxy) is 1. The zero-order chi connectivity index (χ0) is 48.9. The highest BCUT2D eigenvalue weighted by Crippen LogP contribution is 2.45. The minimum atomic E-state index is -2.31. The first kappa shape index (κ1) is 59.8. The molecule has 0 aliphatic heterocycles. The summed E-state index contributed by atoms with van der Waals surface area (Å²) in [5.41, 5.74) is 1.30. The van der Waals surface area contributed by atoms with E-state index in [0.29, 0.717) is 31.1 Å². The predicted molar refractivity (Wildman–Crippen MR) is 281 cm³/mol. The first-order chi connectivity index (χ1) is 27.5. The summed E-state index contributed by atoms with van der Waals surface area (Å²) in [6.45, 7) is 59.2. The number of ketones is 1. The third-order valence-electron chi connectivity index (χ3n) is 15.0. The molecule has 1 heterocycles. The summed E-state index contributed by atoms with van der Waals surface area (Å²) in [4.78, 5) is 19.8. The van der Waals surface area contributed by atoms with Gasteiger partial charge in [0.25, 0.3) is 0 Å². The van der Waals surface area contributed by atoms with E-state index in [-0.39, 0.29) is 56.8 Å². The maximum Gasteiger partial charge on any atom is 0.192 e. The molecule has 0 bridgehead atoms. The molecular weight excluding hydrogens is 878 g/mol. The third-order valence-corrected chi connectivity index (χ3v) is 34.0. The first-order valence-corrected chi connectivity index (χ1v) is 36.1. The van der Waals surface area contributed by atoms with Gasteiger partial charge in [0.05, 0.1) is 42.2 Å².